The van der Waals surface area contributed by atoms with Crippen LogP contribution in [0.2, 0.25) is 0 Å². The van der Waals surface area contributed by atoms with Crippen molar-refractivity contribution in [2.24, 2.45) is 0 Å². The highest BCUT2D eigenvalue weighted by atomic mass is 32.2. The number of benzene rings is 1. The zero-order chi connectivity index (χ0) is 15.2. The molecule has 114 valence electrons. The molecule has 0 aliphatic rings. The van der Waals surface area contributed by atoms with E-state index in [9.17, 15) is 0 Å². The predicted octanol–water partition coefficient (Wildman–Crippen LogP) is 3.62. The van der Waals surface area contributed by atoms with Crippen LogP contribution in [0.4, 0.5) is 0 Å². The zero-order valence-electron chi connectivity index (χ0n) is 12.9. The lowest BCUT2D eigenvalue weighted by molar-refractivity contribution is 0.353. The molecular formula is C16H21NO3S. The van der Waals surface area contributed by atoms with Crippen molar-refractivity contribution in [3.63, 3.8) is 0 Å². The van der Waals surface area contributed by atoms with Gasteiger partial charge in [-0.3, -0.25) is 0 Å². The Hall–Kier alpha value is -1.59. The molecular weight excluding hydrogens is 286 g/mol. The summed E-state index contributed by atoms with van der Waals surface area (Å²) in [5, 5.41) is 3.39. The molecule has 2 aromatic rings. The first-order valence-electron chi connectivity index (χ1n) is 6.72. The van der Waals surface area contributed by atoms with E-state index in [0.717, 1.165) is 29.6 Å². The van der Waals surface area contributed by atoms with Gasteiger partial charge in [-0.05, 0) is 43.0 Å². The van der Waals surface area contributed by atoms with Gasteiger partial charge in [-0.1, -0.05) is 0 Å². The van der Waals surface area contributed by atoms with E-state index in [2.05, 4.69) is 11.6 Å². The molecule has 21 heavy (non-hydrogen) atoms. The number of rotatable bonds is 7. The summed E-state index contributed by atoms with van der Waals surface area (Å²) in [6, 6.07) is 8.00. The van der Waals surface area contributed by atoms with Crippen molar-refractivity contribution in [2.45, 2.75) is 24.9 Å². The number of hydrogen-bond acceptors (Lipinski definition) is 5. The monoisotopic (exact) mass is 307 g/mol. The maximum absolute atomic E-state index is 5.55. The molecule has 0 unspecified atom stereocenters. The minimum atomic E-state index is 0.704. The molecule has 0 aliphatic heterocycles. The summed E-state index contributed by atoms with van der Waals surface area (Å²) in [5.74, 6) is 3.38. The quantitative estimate of drug-likeness (QED) is 0.792. The minimum Gasteiger partial charge on any atom is -0.493 e. The van der Waals surface area contributed by atoms with Gasteiger partial charge in [-0.15, -0.1) is 11.8 Å². The summed E-state index contributed by atoms with van der Waals surface area (Å²) in [4.78, 5) is 1.18. The van der Waals surface area contributed by atoms with E-state index in [0.29, 0.717) is 6.54 Å². The van der Waals surface area contributed by atoms with Gasteiger partial charge in [-0.2, -0.15) is 0 Å². The van der Waals surface area contributed by atoms with Crippen LogP contribution in [-0.2, 0) is 13.1 Å². The molecule has 1 aromatic carbocycles. The van der Waals surface area contributed by atoms with Crippen LogP contribution in [0, 0.1) is 6.92 Å². The van der Waals surface area contributed by atoms with Crippen molar-refractivity contribution in [1.29, 1.82) is 0 Å². The summed E-state index contributed by atoms with van der Waals surface area (Å²) in [6.45, 7) is 3.40. The van der Waals surface area contributed by atoms with E-state index >= 15 is 0 Å². The fraction of sp³-hybridized carbons (Fsp3) is 0.375. The minimum absolute atomic E-state index is 0.704. The van der Waals surface area contributed by atoms with Crippen LogP contribution < -0.4 is 14.8 Å². The molecule has 1 heterocycles. The van der Waals surface area contributed by atoms with Gasteiger partial charge in [0.25, 0.3) is 0 Å². The lowest BCUT2D eigenvalue weighted by atomic mass is 10.2. The Morgan fingerprint density at radius 1 is 1.10 bits per heavy atom. The standard InChI is InChI=1S/C16H21NO3S/c1-11-5-6-13(20-11)10-17-9-12-7-14(18-2)15(19-3)8-16(12)21-4/h5-8,17H,9-10H2,1-4H3. The number of ether oxygens (including phenoxy) is 2. The second-order valence-electron chi connectivity index (χ2n) is 4.63. The molecule has 5 heteroatoms. The van der Waals surface area contributed by atoms with Gasteiger partial charge in [-0.25, -0.2) is 0 Å². The number of thioether (sulfide) groups is 1. The number of aryl methyl sites for hydroxylation is 1. The lowest BCUT2D eigenvalue weighted by Gasteiger charge is -2.14. The SMILES string of the molecule is COc1cc(CNCc2ccc(C)o2)c(SC)cc1OC. The second kappa shape index (κ2) is 7.43. The van der Waals surface area contributed by atoms with E-state index in [4.69, 9.17) is 13.9 Å². The molecule has 0 bridgehead atoms. The van der Waals surface area contributed by atoms with Crippen molar-refractivity contribution < 1.29 is 13.9 Å². The Balaban J connectivity index is 2.07. The zero-order valence-corrected chi connectivity index (χ0v) is 13.7. The average molecular weight is 307 g/mol. The third-order valence-electron chi connectivity index (χ3n) is 3.20. The Kier molecular flexibility index (Phi) is 5.59. The van der Waals surface area contributed by atoms with Crippen molar-refractivity contribution in [1.82, 2.24) is 5.32 Å². The highest BCUT2D eigenvalue weighted by Gasteiger charge is 2.10. The van der Waals surface area contributed by atoms with Gasteiger partial charge in [0, 0.05) is 11.4 Å². The van der Waals surface area contributed by atoms with Crippen LogP contribution in [0.25, 0.3) is 0 Å². The molecule has 0 radical (unpaired) electrons. The molecule has 0 fully saturated rings. The van der Waals surface area contributed by atoms with Gasteiger partial charge < -0.3 is 19.2 Å². The lowest BCUT2D eigenvalue weighted by Crippen LogP contribution is -2.13. The molecule has 1 N–H and O–H groups in total. The van der Waals surface area contributed by atoms with Crippen LogP contribution in [0.15, 0.2) is 33.6 Å². The van der Waals surface area contributed by atoms with Crippen molar-refractivity contribution in [3.05, 3.63) is 41.3 Å². The highest BCUT2D eigenvalue weighted by Crippen LogP contribution is 2.34. The largest absolute Gasteiger partial charge is 0.493 e. The number of methoxy groups -OCH3 is 2. The van der Waals surface area contributed by atoms with Crippen LogP contribution in [-0.4, -0.2) is 20.5 Å². The normalized spacial score (nSPS) is 10.7. The van der Waals surface area contributed by atoms with Gasteiger partial charge in [0.15, 0.2) is 11.5 Å². The fourth-order valence-electron chi connectivity index (χ4n) is 2.13. The van der Waals surface area contributed by atoms with Crippen LogP contribution in [0.3, 0.4) is 0 Å². The second-order valence-corrected chi connectivity index (χ2v) is 5.48. The highest BCUT2D eigenvalue weighted by molar-refractivity contribution is 7.98. The first-order chi connectivity index (χ1) is 10.2. The summed E-state index contributed by atoms with van der Waals surface area (Å²) in [6.07, 6.45) is 2.06. The van der Waals surface area contributed by atoms with Crippen molar-refractivity contribution in [2.75, 3.05) is 20.5 Å². The van der Waals surface area contributed by atoms with E-state index in [1.165, 1.54) is 10.5 Å². The van der Waals surface area contributed by atoms with Gasteiger partial charge in [0.1, 0.15) is 11.5 Å². The van der Waals surface area contributed by atoms with Crippen LogP contribution in [0.1, 0.15) is 17.1 Å². The Labute approximate surface area is 129 Å². The van der Waals surface area contributed by atoms with E-state index < -0.39 is 0 Å². The maximum atomic E-state index is 5.55. The Morgan fingerprint density at radius 2 is 1.81 bits per heavy atom. The Morgan fingerprint density at radius 3 is 2.38 bits per heavy atom. The van der Waals surface area contributed by atoms with Crippen molar-refractivity contribution >= 4 is 11.8 Å². The molecule has 0 spiro atoms. The summed E-state index contributed by atoms with van der Waals surface area (Å²) in [5.41, 5.74) is 1.18. The molecule has 0 amide bonds. The fourth-order valence-corrected chi connectivity index (χ4v) is 2.75. The van der Waals surface area contributed by atoms with Gasteiger partial charge in [0.2, 0.25) is 0 Å². The van der Waals surface area contributed by atoms with E-state index in [1.807, 2.05) is 31.2 Å². The molecule has 0 saturated heterocycles. The van der Waals surface area contributed by atoms with E-state index in [-0.39, 0.29) is 0 Å². The molecule has 0 atom stereocenters. The Bertz CT molecular complexity index is 595. The molecule has 0 saturated carbocycles. The third-order valence-corrected chi connectivity index (χ3v) is 4.02. The first-order valence-corrected chi connectivity index (χ1v) is 7.95. The number of nitrogens with one attached hydrogen (secondary N) is 1. The molecule has 2 rings (SSSR count). The number of hydrogen-bond donors (Lipinski definition) is 1. The maximum Gasteiger partial charge on any atom is 0.161 e. The van der Waals surface area contributed by atoms with Crippen LogP contribution in [0.5, 0.6) is 11.5 Å². The third kappa shape index (κ3) is 3.95. The topological polar surface area (TPSA) is 43.6 Å². The van der Waals surface area contributed by atoms with Gasteiger partial charge >= 0.3 is 0 Å². The summed E-state index contributed by atoms with van der Waals surface area (Å²) in [7, 11) is 3.30. The molecule has 1 aromatic heterocycles. The predicted molar refractivity (Wildman–Crippen MR) is 85.3 cm³/mol. The summed E-state index contributed by atoms with van der Waals surface area (Å²) >= 11 is 1.70. The van der Waals surface area contributed by atoms with Gasteiger partial charge in [0.05, 0.1) is 20.8 Å². The molecule has 0 aliphatic carbocycles. The average Bonchev–Trinajstić information content (AvgIpc) is 2.92. The summed E-state index contributed by atoms with van der Waals surface area (Å²) < 4.78 is 16.2. The number of furan rings is 1. The van der Waals surface area contributed by atoms with E-state index in [1.54, 1.807) is 26.0 Å². The molecule has 4 nitrogen and oxygen atoms in total. The first kappa shape index (κ1) is 15.8. The van der Waals surface area contributed by atoms with Crippen molar-refractivity contribution in [3.8, 4) is 11.5 Å². The van der Waals surface area contributed by atoms with Crippen LogP contribution >= 0.6 is 11.8 Å². The smallest absolute Gasteiger partial charge is 0.161 e.